The maximum atomic E-state index is 13.2. The van der Waals surface area contributed by atoms with Gasteiger partial charge in [-0.25, -0.2) is 8.78 Å². The number of rotatable bonds is 3. The average molecular weight is 211 g/mol. The minimum atomic E-state index is -0.949. The van der Waals surface area contributed by atoms with Gasteiger partial charge in [0.15, 0.2) is 17.4 Å². The first-order chi connectivity index (χ1) is 7.03. The largest absolute Gasteiger partial charge is 0.319 e. The topological polar surface area (TPSA) is 43.1 Å². The van der Waals surface area contributed by atoms with Gasteiger partial charge in [0.2, 0.25) is 0 Å². The first-order valence-corrected chi connectivity index (χ1v) is 4.78. The Balaban J connectivity index is 2.17. The van der Waals surface area contributed by atoms with Crippen LogP contribution in [0.3, 0.4) is 0 Å². The first-order valence-electron chi connectivity index (χ1n) is 4.78. The van der Waals surface area contributed by atoms with E-state index in [4.69, 9.17) is 5.73 Å². The Morgan fingerprint density at radius 3 is 2.67 bits per heavy atom. The number of benzene rings is 1. The van der Waals surface area contributed by atoms with E-state index in [9.17, 15) is 13.6 Å². The van der Waals surface area contributed by atoms with Gasteiger partial charge in [0.05, 0.1) is 5.54 Å². The van der Waals surface area contributed by atoms with Gasteiger partial charge in [-0.15, -0.1) is 0 Å². The molecule has 2 N–H and O–H groups in total. The highest BCUT2D eigenvalue weighted by atomic mass is 19.2. The Morgan fingerprint density at radius 2 is 2.07 bits per heavy atom. The Morgan fingerprint density at radius 1 is 1.40 bits per heavy atom. The lowest BCUT2D eigenvalue weighted by Gasteiger charge is -2.08. The summed E-state index contributed by atoms with van der Waals surface area (Å²) in [6.45, 7) is 0. The lowest BCUT2D eigenvalue weighted by atomic mass is 10.0. The molecule has 0 aromatic heterocycles. The van der Waals surface area contributed by atoms with Gasteiger partial charge in [-0.1, -0.05) is 12.1 Å². The van der Waals surface area contributed by atoms with Crippen LogP contribution in [-0.2, 0) is 11.2 Å². The smallest absolute Gasteiger partial charge is 0.162 e. The minimum Gasteiger partial charge on any atom is -0.319 e. The van der Waals surface area contributed by atoms with E-state index in [0.717, 1.165) is 6.07 Å². The SMILES string of the molecule is NC1(C(=O)Cc2cccc(F)c2F)CC1. The highest BCUT2D eigenvalue weighted by Crippen LogP contribution is 2.34. The Labute approximate surface area is 86.1 Å². The molecule has 0 bridgehead atoms. The molecule has 0 amide bonds. The van der Waals surface area contributed by atoms with Crippen LogP contribution in [0.25, 0.3) is 0 Å². The number of Topliss-reactive ketones (excluding diaryl/α,β-unsaturated/α-hetero) is 1. The zero-order valence-corrected chi connectivity index (χ0v) is 8.09. The second-order valence-electron chi connectivity index (χ2n) is 3.97. The van der Waals surface area contributed by atoms with Gasteiger partial charge in [0.1, 0.15) is 0 Å². The van der Waals surface area contributed by atoms with Gasteiger partial charge in [-0.3, -0.25) is 4.79 Å². The van der Waals surface area contributed by atoms with E-state index in [0.29, 0.717) is 12.8 Å². The van der Waals surface area contributed by atoms with Gasteiger partial charge in [0.25, 0.3) is 0 Å². The third-order valence-corrected chi connectivity index (χ3v) is 2.73. The van der Waals surface area contributed by atoms with Crippen LogP contribution < -0.4 is 5.73 Å². The molecule has 0 saturated heterocycles. The molecule has 15 heavy (non-hydrogen) atoms. The Kier molecular flexibility index (Phi) is 2.31. The summed E-state index contributed by atoms with van der Waals surface area (Å²) in [4.78, 5) is 11.5. The molecule has 0 atom stereocenters. The van der Waals surface area contributed by atoms with Gasteiger partial charge >= 0.3 is 0 Å². The normalized spacial score (nSPS) is 17.5. The van der Waals surface area contributed by atoms with Crippen LogP contribution in [0.4, 0.5) is 8.78 Å². The van der Waals surface area contributed by atoms with Crippen molar-refractivity contribution in [2.24, 2.45) is 5.73 Å². The van der Waals surface area contributed by atoms with Crippen molar-refractivity contribution in [2.45, 2.75) is 24.8 Å². The van der Waals surface area contributed by atoms with Crippen LogP contribution in [0.1, 0.15) is 18.4 Å². The quantitative estimate of drug-likeness (QED) is 0.824. The van der Waals surface area contributed by atoms with Crippen LogP contribution in [0.2, 0.25) is 0 Å². The summed E-state index contributed by atoms with van der Waals surface area (Å²) >= 11 is 0. The standard InChI is InChI=1S/C11H11F2NO/c12-8-3-1-2-7(10(8)13)6-9(15)11(14)4-5-11/h1-3H,4-6,14H2. The second kappa shape index (κ2) is 3.38. The molecule has 0 aliphatic heterocycles. The molecule has 1 fully saturated rings. The van der Waals surface area contributed by atoms with E-state index in [1.807, 2.05) is 0 Å². The number of carbonyl (C=O) groups excluding carboxylic acids is 1. The van der Waals surface area contributed by atoms with Gasteiger partial charge in [0, 0.05) is 6.42 Å². The molecule has 2 nitrogen and oxygen atoms in total. The lowest BCUT2D eigenvalue weighted by Crippen LogP contribution is -2.34. The third kappa shape index (κ3) is 1.90. The fourth-order valence-corrected chi connectivity index (χ4v) is 1.45. The fourth-order valence-electron chi connectivity index (χ4n) is 1.45. The van der Waals surface area contributed by atoms with E-state index in [2.05, 4.69) is 0 Å². The summed E-state index contributed by atoms with van der Waals surface area (Å²) in [5, 5.41) is 0. The minimum absolute atomic E-state index is 0.0803. The molecule has 0 heterocycles. The third-order valence-electron chi connectivity index (χ3n) is 2.73. The van der Waals surface area contributed by atoms with Crippen molar-refractivity contribution in [3.8, 4) is 0 Å². The van der Waals surface area contributed by atoms with Crippen LogP contribution in [0, 0.1) is 11.6 Å². The van der Waals surface area contributed by atoms with Gasteiger partial charge in [-0.05, 0) is 24.5 Å². The van der Waals surface area contributed by atoms with Crippen molar-refractivity contribution in [3.05, 3.63) is 35.4 Å². The summed E-state index contributed by atoms with van der Waals surface area (Å²) < 4.78 is 26.0. The molecule has 0 spiro atoms. The van der Waals surface area contributed by atoms with E-state index in [-0.39, 0.29) is 17.8 Å². The van der Waals surface area contributed by atoms with Crippen molar-refractivity contribution < 1.29 is 13.6 Å². The first kappa shape index (κ1) is 10.2. The van der Waals surface area contributed by atoms with Gasteiger partial charge in [-0.2, -0.15) is 0 Å². The zero-order valence-electron chi connectivity index (χ0n) is 8.09. The molecule has 80 valence electrons. The van der Waals surface area contributed by atoms with Crippen LogP contribution >= 0.6 is 0 Å². The van der Waals surface area contributed by atoms with Crippen molar-refractivity contribution in [1.29, 1.82) is 0 Å². The molecular weight excluding hydrogens is 200 g/mol. The summed E-state index contributed by atoms with van der Waals surface area (Å²) in [6, 6.07) is 3.82. The van der Waals surface area contributed by atoms with Crippen LogP contribution in [0.15, 0.2) is 18.2 Å². The molecular formula is C11H11F2NO. The maximum Gasteiger partial charge on any atom is 0.162 e. The van der Waals surface area contributed by atoms with E-state index in [1.165, 1.54) is 12.1 Å². The van der Waals surface area contributed by atoms with Crippen LogP contribution in [0.5, 0.6) is 0 Å². The highest BCUT2D eigenvalue weighted by Gasteiger charge is 2.45. The second-order valence-corrected chi connectivity index (χ2v) is 3.97. The van der Waals surface area contributed by atoms with Crippen molar-refractivity contribution in [1.82, 2.24) is 0 Å². The highest BCUT2D eigenvalue weighted by molar-refractivity contribution is 5.92. The Bertz CT molecular complexity index is 413. The monoisotopic (exact) mass is 211 g/mol. The summed E-state index contributed by atoms with van der Waals surface area (Å²) in [5.74, 6) is -2.09. The molecule has 1 aliphatic rings. The van der Waals surface area contributed by atoms with Crippen LogP contribution in [-0.4, -0.2) is 11.3 Å². The molecule has 1 aromatic carbocycles. The van der Waals surface area contributed by atoms with Crippen molar-refractivity contribution in [3.63, 3.8) is 0 Å². The molecule has 1 aromatic rings. The van der Waals surface area contributed by atoms with Crippen molar-refractivity contribution in [2.75, 3.05) is 0 Å². The molecule has 0 radical (unpaired) electrons. The van der Waals surface area contributed by atoms with Crippen molar-refractivity contribution >= 4 is 5.78 Å². The number of carbonyl (C=O) groups is 1. The summed E-state index contributed by atoms with van der Waals surface area (Å²) in [6.07, 6.45) is 1.16. The zero-order chi connectivity index (χ0) is 11.1. The predicted octanol–water partition coefficient (Wildman–Crippen LogP) is 1.57. The van der Waals surface area contributed by atoms with E-state index in [1.54, 1.807) is 0 Å². The fraction of sp³-hybridized carbons (Fsp3) is 0.364. The molecule has 1 saturated carbocycles. The average Bonchev–Trinajstić information content (AvgIpc) is 2.93. The number of nitrogens with two attached hydrogens (primary N) is 1. The summed E-state index contributed by atoms with van der Waals surface area (Å²) in [7, 11) is 0. The molecule has 4 heteroatoms. The molecule has 2 rings (SSSR count). The maximum absolute atomic E-state index is 13.2. The van der Waals surface area contributed by atoms with Gasteiger partial charge < -0.3 is 5.73 Å². The molecule has 0 unspecified atom stereocenters. The summed E-state index contributed by atoms with van der Waals surface area (Å²) in [5.41, 5.74) is 4.96. The number of hydrogen-bond acceptors (Lipinski definition) is 2. The number of halogens is 2. The number of hydrogen-bond donors (Lipinski definition) is 1. The predicted molar refractivity (Wildman–Crippen MR) is 51.2 cm³/mol. The number of ketones is 1. The van der Waals surface area contributed by atoms with E-state index >= 15 is 0 Å². The lowest BCUT2D eigenvalue weighted by molar-refractivity contribution is -0.120. The Hall–Kier alpha value is -1.29. The molecule has 1 aliphatic carbocycles. The van der Waals surface area contributed by atoms with E-state index < -0.39 is 17.2 Å².